The Morgan fingerprint density at radius 2 is 2.00 bits per heavy atom. The minimum absolute atomic E-state index is 0.675. The first kappa shape index (κ1) is 16.3. The summed E-state index contributed by atoms with van der Waals surface area (Å²) in [6.07, 6.45) is 11.7. The van der Waals surface area contributed by atoms with Gasteiger partial charge in [-0.25, -0.2) is 0 Å². The second-order valence-electron chi connectivity index (χ2n) is 6.42. The Hall–Kier alpha value is -1.03. The fourth-order valence-corrected chi connectivity index (χ4v) is 3.67. The number of nitrogens with zero attached hydrogens (tertiary/aromatic N) is 2. The molecule has 0 aromatic heterocycles. The van der Waals surface area contributed by atoms with Gasteiger partial charge in [-0.3, -0.25) is 9.89 Å². The molecule has 0 bridgehead atoms. The molecule has 1 saturated heterocycles. The van der Waals surface area contributed by atoms with Gasteiger partial charge >= 0.3 is 0 Å². The lowest BCUT2D eigenvalue weighted by Gasteiger charge is -2.31. The summed E-state index contributed by atoms with van der Waals surface area (Å²) in [6, 6.07) is 0.675. The molecule has 4 heteroatoms. The Labute approximate surface area is 130 Å². The van der Waals surface area contributed by atoms with Gasteiger partial charge in [0.25, 0.3) is 0 Å². The van der Waals surface area contributed by atoms with Crippen molar-refractivity contribution >= 4 is 5.96 Å². The van der Waals surface area contributed by atoms with E-state index in [0.717, 1.165) is 25.0 Å². The number of rotatable bonds is 6. The van der Waals surface area contributed by atoms with Gasteiger partial charge in [0.15, 0.2) is 5.96 Å². The maximum atomic E-state index is 4.26. The second kappa shape index (κ2) is 9.08. The highest BCUT2D eigenvalue weighted by Crippen LogP contribution is 2.27. The first-order chi connectivity index (χ1) is 10.3. The molecule has 0 aromatic carbocycles. The largest absolute Gasteiger partial charge is 0.355 e. The van der Waals surface area contributed by atoms with Crippen molar-refractivity contribution in [3.63, 3.8) is 0 Å². The SMILES string of the molecule is C=CCNC(=NC)NCC1CCCN1CC1CCCCC1. The lowest BCUT2D eigenvalue weighted by Crippen LogP contribution is -2.46. The maximum absolute atomic E-state index is 4.26. The van der Waals surface area contributed by atoms with Gasteiger partial charge in [0.2, 0.25) is 0 Å². The van der Waals surface area contributed by atoms with E-state index >= 15 is 0 Å². The first-order valence-electron chi connectivity index (χ1n) is 8.63. The van der Waals surface area contributed by atoms with Crippen LogP contribution in [0.3, 0.4) is 0 Å². The van der Waals surface area contributed by atoms with Gasteiger partial charge < -0.3 is 10.6 Å². The summed E-state index contributed by atoms with van der Waals surface area (Å²) >= 11 is 0. The summed E-state index contributed by atoms with van der Waals surface area (Å²) in [5, 5.41) is 6.70. The molecular formula is C17H32N4. The van der Waals surface area contributed by atoms with Gasteiger partial charge in [-0.1, -0.05) is 25.3 Å². The number of guanidine groups is 1. The summed E-state index contributed by atoms with van der Waals surface area (Å²) in [5.74, 6) is 1.83. The van der Waals surface area contributed by atoms with E-state index in [1.807, 2.05) is 13.1 Å². The van der Waals surface area contributed by atoms with Crippen LogP contribution in [0.4, 0.5) is 0 Å². The van der Waals surface area contributed by atoms with Crippen LogP contribution in [0.15, 0.2) is 17.6 Å². The van der Waals surface area contributed by atoms with Crippen molar-refractivity contribution in [3.05, 3.63) is 12.7 Å². The molecule has 120 valence electrons. The minimum atomic E-state index is 0.675. The molecule has 1 aliphatic heterocycles. The Morgan fingerprint density at radius 1 is 1.19 bits per heavy atom. The van der Waals surface area contributed by atoms with Crippen LogP contribution in [0.1, 0.15) is 44.9 Å². The van der Waals surface area contributed by atoms with E-state index in [1.54, 1.807) is 0 Å². The topological polar surface area (TPSA) is 39.7 Å². The van der Waals surface area contributed by atoms with E-state index in [4.69, 9.17) is 0 Å². The van der Waals surface area contributed by atoms with Crippen molar-refractivity contribution in [1.82, 2.24) is 15.5 Å². The van der Waals surface area contributed by atoms with E-state index in [0.29, 0.717) is 6.04 Å². The molecule has 1 saturated carbocycles. The zero-order valence-electron chi connectivity index (χ0n) is 13.6. The molecule has 21 heavy (non-hydrogen) atoms. The molecule has 0 spiro atoms. The maximum Gasteiger partial charge on any atom is 0.191 e. The standard InChI is InChI=1S/C17H32N4/c1-3-11-19-17(18-2)20-13-16-10-7-12-21(16)14-15-8-5-4-6-9-15/h3,15-16H,1,4-14H2,2H3,(H2,18,19,20). The van der Waals surface area contributed by atoms with Gasteiger partial charge in [0.1, 0.15) is 0 Å². The van der Waals surface area contributed by atoms with Crippen LogP contribution in [0.5, 0.6) is 0 Å². The lowest BCUT2D eigenvalue weighted by molar-refractivity contribution is 0.188. The van der Waals surface area contributed by atoms with E-state index in [1.165, 1.54) is 58.0 Å². The van der Waals surface area contributed by atoms with Crippen molar-refractivity contribution < 1.29 is 0 Å². The zero-order chi connectivity index (χ0) is 14.9. The molecule has 0 amide bonds. The predicted octanol–water partition coefficient (Wildman–Crippen LogP) is 2.38. The average molecular weight is 292 g/mol. The first-order valence-corrected chi connectivity index (χ1v) is 8.63. The number of hydrogen-bond acceptors (Lipinski definition) is 2. The molecule has 2 fully saturated rings. The van der Waals surface area contributed by atoms with Crippen molar-refractivity contribution in [2.45, 2.75) is 51.0 Å². The molecule has 0 radical (unpaired) electrons. The summed E-state index contributed by atoms with van der Waals surface area (Å²) in [7, 11) is 1.83. The highest BCUT2D eigenvalue weighted by Gasteiger charge is 2.27. The van der Waals surface area contributed by atoms with Gasteiger partial charge in [-0.05, 0) is 38.1 Å². The minimum Gasteiger partial charge on any atom is -0.355 e. The van der Waals surface area contributed by atoms with Gasteiger partial charge in [-0.2, -0.15) is 0 Å². The number of nitrogens with one attached hydrogen (secondary N) is 2. The molecule has 2 N–H and O–H groups in total. The molecule has 1 heterocycles. The van der Waals surface area contributed by atoms with Crippen LogP contribution in [-0.4, -0.2) is 50.1 Å². The second-order valence-corrected chi connectivity index (χ2v) is 6.42. The van der Waals surface area contributed by atoms with Crippen LogP contribution < -0.4 is 10.6 Å². The fourth-order valence-electron chi connectivity index (χ4n) is 3.67. The molecule has 1 aliphatic carbocycles. The average Bonchev–Trinajstić information content (AvgIpc) is 2.96. The van der Waals surface area contributed by atoms with E-state index in [2.05, 4.69) is 27.1 Å². The monoisotopic (exact) mass is 292 g/mol. The third-order valence-corrected chi connectivity index (χ3v) is 4.86. The van der Waals surface area contributed by atoms with E-state index in [9.17, 15) is 0 Å². The van der Waals surface area contributed by atoms with Crippen molar-refractivity contribution in [2.24, 2.45) is 10.9 Å². The Bertz CT molecular complexity index is 334. The lowest BCUT2D eigenvalue weighted by atomic mass is 9.89. The third kappa shape index (κ3) is 5.34. The highest BCUT2D eigenvalue weighted by molar-refractivity contribution is 5.79. The van der Waals surface area contributed by atoms with Crippen LogP contribution >= 0.6 is 0 Å². The third-order valence-electron chi connectivity index (χ3n) is 4.86. The number of likely N-dealkylation sites (tertiary alicyclic amines) is 1. The molecule has 1 atom stereocenters. The van der Waals surface area contributed by atoms with Crippen molar-refractivity contribution in [3.8, 4) is 0 Å². The summed E-state index contributed by atoms with van der Waals surface area (Å²) in [4.78, 5) is 6.97. The van der Waals surface area contributed by atoms with E-state index in [-0.39, 0.29) is 0 Å². The molecule has 1 unspecified atom stereocenters. The van der Waals surface area contributed by atoms with Gasteiger partial charge in [0, 0.05) is 32.7 Å². The van der Waals surface area contributed by atoms with Crippen LogP contribution in [0.2, 0.25) is 0 Å². The number of hydrogen-bond donors (Lipinski definition) is 2. The summed E-state index contributed by atoms with van der Waals surface area (Å²) < 4.78 is 0. The number of aliphatic imine (C=N–C) groups is 1. The molecule has 0 aromatic rings. The van der Waals surface area contributed by atoms with Crippen LogP contribution in [0.25, 0.3) is 0 Å². The summed E-state index contributed by atoms with van der Waals surface area (Å²) in [5.41, 5.74) is 0. The van der Waals surface area contributed by atoms with Crippen molar-refractivity contribution in [2.75, 3.05) is 33.2 Å². The van der Waals surface area contributed by atoms with Crippen LogP contribution in [-0.2, 0) is 0 Å². The Morgan fingerprint density at radius 3 is 2.71 bits per heavy atom. The molecule has 2 rings (SSSR count). The molecular weight excluding hydrogens is 260 g/mol. The molecule has 4 nitrogen and oxygen atoms in total. The van der Waals surface area contributed by atoms with Crippen LogP contribution in [0, 0.1) is 5.92 Å². The van der Waals surface area contributed by atoms with Crippen molar-refractivity contribution in [1.29, 1.82) is 0 Å². The highest BCUT2D eigenvalue weighted by atomic mass is 15.2. The smallest absolute Gasteiger partial charge is 0.191 e. The van der Waals surface area contributed by atoms with E-state index < -0.39 is 0 Å². The fraction of sp³-hybridized carbons (Fsp3) is 0.824. The van der Waals surface area contributed by atoms with Gasteiger partial charge in [0.05, 0.1) is 0 Å². The van der Waals surface area contributed by atoms with Gasteiger partial charge in [-0.15, -0.1) is 6.58 Å². The molecule has 2 aliphatic rings. The quantitative estimate of drug-likeness (QED) is 0.448. The Balaban J connectivity index is 1.74. The zero-order valence-corrected chi connectivity index (χ0v) is 13.6. The Kier molecular flexibility index (Phi) is 7.07. The predicted molar refractivity (Wildman–Crippen MR) is 90.7 cm³/mol. The summed E-state index contributed by atoms with van der Waals surface area (Å²) in [6.45, 7) is 8.08. The normalized spacial score (nSPS) is 25.0.